The quantitative estimate of drug-likeness (QED) is 0.261. The van der Waals surface area contributed by atoms with Crippen LogP contribution >= 0.6 is 0 Å². The number of pyridine rings is 1. The van der Waals surface area contributed by atoms with Crippen molar-refractivity contribution in [3.8, 4) is 28.3 Å². The lowest BCUT2D eigenvalue weighted by molar-refractivity contribution is 0.0566. The number of hydrogen-bond donors (Lipinski definition) is 0. The van der Waals surface area contributed by atoms with Crippen molar-refractivity contribution in [1.82, 2.24) is 24.9 Å². The van der Waals surface area contributed by atoms with E-state index in [9.17, 15) is 4.79 Å². The smallest absolute Gasteiger partial charge is 0.276 e. The average Bonchev–Trinajstić information content (AvgIpc) is 3.43. The Morgan fingerprint density at radius 2 is 1.82 bits per heavy atom. The van der Waals surface area contributed by atoms with Crippen LogP contribution in [0.15, 0.2) is 91.3 Å². The van der Waals surface area contributed by atoms with E-state index in [1.165, 1.54) is 0 Å². The number of carbonyl (C=O) groups excluding carboxylic acids is 1. The molecule has 9 nitrogen and oxygen atoms in total. The van der Waals surface area contributed by atoms with E-state index in [1.54, 1.807) is 15.8 Å². The Labute approximate surface area is 257 Å². The second kappa shape index (κ2) is 13.5. The summed E-state index contributed by atoms with van der Waals surface area (Å²) in [6.07, 6.45) is 4.32. The Morgan fingerprint density at radius 1 is 0.932 bits per heavy atom. The van der Waals surface area contributed by atoms with Gasteiger partial charge in [-0.05, 0) is 66.4 Å². The van der Waals surface area contributed by atoms with Crippen LogP contribution in [0.25, 0.3) is 16.8 Å². The Hall–Kier alpha value is -5.02. The highest BCUT2D eigenvalue weighted by molar-refractivity contribution is 5.93. The van der Waals surface area contributed by atoms with E-state index in [-0.39, 0.29) is 5.91 Å². The molecule has 1 aliphatic heterocycles. The third kappa shape index (κ3) is 6.48. The fraction of sp³-hybridized carbons (Fsp3) is 0.257. The largest absolute Gasteiger partial charge is 0.492 e. The van der Waals surface area contributed by atoms with Crippen molar-refractivity contribution in [2.24, 2.45) is 0 Å². The maximum absolute atomic E-state index is 13.9. The zero-order valence-corrected chi connectivity index (χ0v) is 25.0. The van der Waals surface area contributed by atoms with Gasteiger partial charge in [-0.15, -0.1) is 5.10 Å². The third-order valence-corrected chi connectivity index (χ3v) is 7.58. The normalized spacial score (nSPS) is 13.8. The van der Waals surface area contributed by atoms with E-state index >= 15 is 0 Å². The molecule has 9 heteroatoms. The van der Waals surface area contributed by atoms with Gasteiger partial charge < -0.3 is 19.1 Å². The minimum atomic E-state index is -0.202. The number of aromatic nitrogens is 4. The predicted molar refractivity (Wildman–Crippen MR) is 167 cm³/mol. The summed E-state index contributed by atoms with van der Waals surface area (Å²) in [5.74, 6) is 1.32. The van der Waals surface area contributed by atoms with Crippen LogP contribution in [0.1, 0.15) is 39.8 Å². The SMILES string of the molecule is CCOc1ccccc1-n1nnc(C(=O)N2CCOCCOc3ccc(-c4cccnc4)cc3Cc3cccc(c3)C2)c1C. The van der Waals surface area contributed by atoms with Crippen molar-refractivity contribution in [2.45, 2.75) is 26.8 Å². The zero-order chi connectivity index (χ0) is 30.3. The van der Waals surface area contributed by atoms with Crippen LogP contribution < -0.4 is 9.47 Å². The minimum Gasteiger partial charge on any atom is -0.492 e. The fourth-order valence-electron chi connectivity index (χ4n) is 5.40. The van der Waals surface area contributed by atoms with Crippen molar-refractivity contribution in [1.29, 1.82) is 0 Å². The number of hydrogen-bond acceptors (Lipinski definition) is 7. The molecule has 5 aromatic rings. The van der Waals surface area contributed by atoms with Gasteiger partial charge in [-0.25, -0.2) is 4.68 Å². The van der Waals surface area contributed by atoms with Gasteiger partial charge in [-0.1, -0.05) is 53.7 Å². The molecule has 0 radical (unpaired) electrons. The number of benzene rings is 3. The van der Waals surface area contributed by atoms with Crippen LogP contribution in [0.3, 0.4) is 0 Å². The van der Waals surface area contributed by atoms with Crippen LogP contribution in [0.5, 0.6) is 11.5 Å². The summed E-state index contributed by atoms with van der Waals surface area (Å²) in [5, 5.41) is 8.65. The molecular weight excluding hydrogens is 554 g/mol. The van der Waals surface area contributed by atoms with E-state index in [1.807, 2.05) is 68.6 Å². The highest BCUT2D eigenvalue weighted by atomic mass is 16.5. The molecular formula is C35H35N5O4. The highest BCUT2D eigenvalue weighted by Crippen LogP contribution is 2.29. The standard InChI is InChI=1S/C35H35N5O4/c1-3-43-33-12-5-4-11-31(33)40-25(2)34(37-38-40)35(41)39-16-17-42-18-19-44-32-14-13-28(29-10-7-15-36-23-29)22-30(32)21-26-8-6-9-27(20-26)24-39/h4-15,20,22-23H,3,16-19,21,24H2,1-2H3. The second-order valence-corrected chi connectivity index (χ2v) is 10.6. The van der Waals surface area contributed by atoms with Gasteiger partial charge in [0.15, 0.2) is 5.69 Å². The van der Waals surface area contributed by atoms with E-state index in [0.717, 1.165) is 39.3 Å². The fourth-order valence-corrected chi connectivity index (χ4v) is 5.40. The number of para-hydroxylation sites is 2. The second-order valence-electron chi connectivity index (χ2n) is 10.6. The molecule has 3 aromatic carbocycles. The summed E-state index contributed by atoms with van der Waals surface area (Å²) in [6.45, 7) is 6.29. The first-order valence-electron chi connectivity index (χ1n) is 14.9. The highest BCUT2D eigenvalue weighted by Gasteiger charge is 2.24. The minimum absolute atomic E-state index is 0.202. The molecule has 44 heavy (non-hydrogen) atoms. The van der Waals surface area contributed by atoms with Gasteiger partial charge in [0.2, 0.25) is 0 Å². The first-order valence-corrected chi connectivity index (χ1v) is 14.9. The van der Waals surface area contributed by atoms with Gasteiger partial charge in [0.25, 0.3) is 5.91 Å². The van der Waals surface area contributed by atoms with Crippen molar-refractivity contribution < 1.29 is 19.0 Å². The first kappa shape index (κ1) is 29.1. The van der Waals surface area contributed by atoms with Crippen molar-refractivity contribution in [3.05, 3.63) is 119 Å². The lowest BCUT2D eigenvalue weighted by Gasteiger charge is -2.23. The van der Waals surface area contributed by atoms with Crippen LogP contribution in [-0.4, -0.2) is 63.8 Å². The van der Waals surface area contributed by atoms with Crippen LogP contribution in [0.2, 0.25) is 0 Å². The molecule has 2 aromatic heterocycles. The Morgan fingerprint density at radius 3 is 2.68 bits per heavy atom. The van der Waals surface area contributed by atoms with Crippen molar-refractivity contribution in [3.63, 3.8) is 0 Å². The molecule has 1 amide bonds. The topological polar surface area (TPSA) is 91.6 Å². The molecule has 0 unspecified atom stereocenters. The van der Waals surface area contributed by atoms with Gasteiger partial charge in [0.1, 0.15) is 23.8 Å². The molecule has 224 valence electrons. The lowest BCUT2D eigenvalue weighted by atomic mass is 9.98. The van der Waals surface area contributed by atoms with E-state index in [4.69, 9.17) is 14.2 Å². The Bertz CT molecular complexity index is 1740. The summed E-state index contributed by atoms with van der Waals surface area (Å²) in [5.41, 5.74) is 7.04. The molecule has 2 bridgehead atoms. The summed E-state index contributed by atoms with van der Waals surface area (Å²) in [4.78, 5) is 20.0. The predicted octanol–water partition coefficient (Wildman–Crippen LogP) is 5.68. The lowest BCUT2D eigenvalue weighted by Crippen LogP contribution is -2.34. The Balaban J connectivity index is 1.28. The molecule has 0 aliphatic carbocycles. The molecule has 3 heterocycles. The summed E-state index contributed by atoms with van der Waals surface area (Å²) in [6, 6.07) is 26.2. The first-order chi connectivity index (χ1) is 21.6. The molecule has 6 rings (SSSR count). The molecule has 0 saturated heterocycles. The number of ether oxygens (including phenoxy) is 3. The van der Waals surface area contributed by atoms with Gasteiger partial charge >= 0.3 is 0 Å². The number of rotatable bonds is 5. The van der Waals surface area contributed by atoms with Gasteiger partial charge in [0, 0.05) is 37.5 Å². The van der Waals surface area contributed by atoms with Crippen molar-refractivity contribution in [2.75, 3.05) is 33.0 Å². The summed E-state index contributed by atoms with van der Waals surface area (Å²) < 4.78 is 19.5. The number of carbonyl (C=O) groups is 1. The third-order valence-electron chi connectivity index (χ3n) is 7.58. The molecule has 0 fully saturated rings. The molecule has 0 N–H and O–H groups in total. The van der Waals surface area contributed by atoms with Crippen molar-refractivity contribution >= 4 is 5.91 Å². The summed E-state index contributed by atoms with van der Waals surface area (Å²) in [7, 11) is 0. The molecule has 0 saturated carbocycles. The molecule has 0 spiro atoms. The number of nitrogens with zero attached hydrogens (tertiary/aromatic N) is 5. The van der Waals surface area contributed by atoms with E-state index in [0.29, 0.717) is 63.1 Å². The van der Waals surface area contributed by atoms with Gasteiger partial charge in [-0.3, -0.25) is 9.78 Å². The maximum Gasteiger partial charge on any atom is 0.276 e. The average molecular weight is 590 g/mol. The summed E-state index contributed by atoms with van der Waals surface area (Å²) >= 11 is 0. The van der Waals surface area contributed by atoms with Crippen LogP contribution in [0, 0.1) is 6.92 Å². The van der Waals surface area contributed by atoms with Gasteiger partial charge in [-0.2, -0.15) is 0 Å². The van der Waals surface area contributed by atoms with E-state index in [2.05, 4.69) is 45.6 Å². The number of amides is 1. The van der Waals surface area contributed by atoms with Crippen LogP contribution in [-0.2, 0) is 17.7 Å². The monoisotopic (exact) mass is 589 g/mol. The number of fused-ring (bicyclic) bond motifs is 3. The van der Waals surface area contributed by atoms with E-state index < -0.39 is 0 Å². The maximum atomic E-state index is 13.9. The van der Waals surface area contributed by atoms with Crippen LogP contribution in [0.4, 0.5) is 0 Å². The molecule has 0 atom stereocenters. The zero-order valence-electron chi connectivity index (χ0n) is 25.0. The van der Waals surface area contributed by atoms with Gasteiger partial charge in [0.05, 0.1) is 25.5 Å². The molecule has 1 aliphatic rings. The Kier molecular flexibility index (Phi) is 8.93.